The summed E-state index contributed by atoms with van der Waals surface area (Å²) in [4.78, 5) is 12.9. The third-order valence-corrected chi connectivity index (χ3v) is 2.29. The maximum absolute atomic E-state index is 11.2. The van der Waals surface area contributed by atoms with Crippen molar-refractivity contribution in [2.24, 2.45) is 0 Å². The lowest BCUT2D eigenvalue weighted by Gasteiger charge is -2.22. The zero-order valence-corrected chi connectivity index (χ0v) is 7.74. The smallest absolute Gasteiger partial charge is 0.318 e. The molecule has 0 aromatic rings. The number of urea groups is 1. The second kappa shape index (κ2) is 3.31. The highest BCUT2D eigenvalue weighted by molar-refractivity contribution is 5.77. The first-order valence-electron chi connectivity index (χ1n) is 4.27. The summed E-state index contributed by atoms with van der Waals surface area (Å²) in [7, 11) is 0. The Hall–Kier alpha value is -0.770. The van der Waals surface area contributed by atoms with Gasteiger partial charge in [-0.3, -0.25) is 0 Å². The number of nitrogens with zero attached hydrogens (tertiary/aromatic N) is 1. The van der Waals surface area contributed by atoms with E-state index < -0.39 is 6.10 Å². The summed E-state index contributed by atoms with van der Waals surface area (Å²) in [5.41, 5.74) is 0. The second-order valence-corrected chi connectivity index (χ2v) is 3.48. The molecule has 12 heavy (non-hydrogen) atoms. The van der Waals surface area contributed by atoms with Gasteiger partial charge in [0.25, 0.3) is 0 Å². The Morgan fingerprint density at radius 1 is 1.67 bits per heavy atom. The van der Waals surface area contributed by atoms with Gasteiger partial charge in [-0.2, -0.15) is 0 Å². The predicted octanol–water partition coefficient (Wildman–Crippen LogP) is 0.169. The van der Waals surface area contributed by atoms with E-state index in [9.17, 15) is 4.79 Å². The number of nitrogens with one attached hydrogen (secondary N) is 1. The number of hydrogen-bond donors (Lipinski definition) is 2. The SMILES string of the molecule is CC(O)CN1C(=O)NC(C)C1C. The summed E-state index contributed by atoms with van der Waals surface area (Å²) < 4.78 is 0. The summed E-state index contributed by atoms with van der Waals surface area (Å²) >= 11 is 0. The van der Waals surface area contributed by atoms with Gasteiger partial charge in [0.15, 0.2) is 0 Å². The van der Waals surface area contributed by atoms with E-state index in [1.54, 1.807) is 11.8 Å². The number of rotatable bonds is 2. The van der Waals surface area contributed by atoms with Gasteiger partial charge in [0.05, 0.1) is 12.1 Å². The van der Waals surface area contributed by atoms with Gasteiger partial charge in [0, 0.05) is 12.6 Å². The molecule has 3 unspecified atom stereocenters. The molecule has 2 N–H and O–H groups in total. The second-order valence-electron chi connectivity index (χ2n) is 3.48. The minimum Gasteiger partial charge on any atom is -0.392 e. The molecular formula is C8H16N2O2. The van der Waals surface area contributed by atoms with Gasteiger partial charge in [-0.15, -0.1) is 0 Å². The van der Waals surface area contributed by atoms with Crippen molar-refractivity contribution in [2.75, 3.05) is 6.54 Å². The molecule has 1 saturated heterocycles. The zero-order valence-electron chi connectivity index (χ0n) is 7.74. The Balaban J connectivity index is 2.57. The van der Waals surface area contributed by atoms with E-state index in [1.807, 2.05) is 13.8 Å². The van der Waals surface area contributed by atoms with Crippen LogP contribution >= 0.6 is 0 Å². The van der Waals surface area contributed by atoms with Crippen LogP contribution in [0.3, 0.4) is 0 Å². The molecule has 1 aliphatic rings. The van der Waals surface area contributed by atoms with Gasteiger partial charge in [0.1, 0.15) is 0 Å². The molecular weight excluding hydrogens is 156 g/mol. The van der Waals surface area contributed by atoms with Gasteiger partial charge in [-0.25, -0.2) is 4.79 Å². The lowest BCUT2D eigenvalue weighted by atomic mass is 10.2. The van der Waals surface area contributed by atoms with Crippen LogP contribution in [0.2, 0.25) is 0 Å². The first kappa shape index (κ1) is 9.32. The molecule has 1 fully saturated rings. The summed E-state index contributed by atoms with van der Waals surface area (Å²) in [6.45, 7) is 6.04. The molecule has 0 bridgehead atoms. The van der Waals surface area contributed by atoms with Crippen LogP contribution in [0, 0.1) is 0 Å². The van der Waals surface area contributed by atoms with Crippen molar-refractivity contribution in [3.63, 3.8) is 0 Å². The number of carbonyl (C=O) groups is 1. The van der Waals surface area contributed by atoms with Gasteiger partial charge in [-0.05, 0) is 20.8 Å². The van der Waals surface area contributed by atoms with Crippen LogP contribution in [0.1, 0.15) is 20.8 Å². The molecule has 1 aliphatic heterocycles. The predicted molar refractivity (Wildman–Crippen MR) is 45.8 cm³/mol. The average Bonchev–Trinajstić information content (AvgIpc) is 2.16. The van der Waals surface area contributed by atoms with Gasteiger partial charge >= 0.3 is 6.03 Å². The fraction of sp³-hybridized carbons (Fsp3) is 0.875. The van der Waals surface area contributed by atoms with Gasteiger partial charge < -0.3 is 15.3 Å². The highest BCUT2D eigenvalue weighted by Gasteiger charge is 2.33. The lowest BCUT2D eigenvalue weighted by Crippen LogP contribution is -2.38. The van der Waals surface area contributed by atoms with Crippen LogP contribution in [0.4, 0.5) is 4.79 Å². The molecule has 0 aliphatic carbocycles. The first-order chi connectivity index (χ1) is 5.52. The van der Waals surface area contributed by atoms with E-state index in [4.69, 9.17) is 5.11 Å². The normalized spacial score (nSPS) is 32.0. The first-order valence-corrected chi connectivity index (χ1v) is 4.27. The summed E-state index contributed by atoms with van der Waals surface area (Å²) in [5.74, 6) is 0. The van der Waals surface area contributed by atoms with Gasteiger partial charge in [0.2, 0.25) is 0 Å². The van der Waals surface area contributed by atoms with Crippen LogP contribution in [0.15, 0.2) is 0 Å². The summed E-state index contributed by atoms with van der Waals surface area (Å²) in [6.07, 6.45) is -0.455. The van der Waals surface area contributed by atoms with Crippen molar-refractivity contribution >= 4 is 6.03 Å². The summed E-state index contributed by atoms with van der Waals surface area (Å²) in [5, 5.41) is 11.9. The third kappa shape index (κ3) is 1.69. The number of aliphatic hydroxyl groups excluding tert-OH is 1. The molecule has 0 saturated carbocycles. The highest BCUT2D eigenvalue weighted by Crippen LogP contribution is 2.12. The molecule has 4 heteroatoms. The average molecular weight is 172 g/mol. The molecule has 0 radical (unpaired) electrons. The van der Waals surface area contributed by atoms with E-state index >= 15 is 0 Å². The van der Waals surface area contributed by atoms with Crippen molar-refractivity contribution in [3.8, 4) is 0 Å². The summed E-state index contributed by atoms with van der Waals surface area (Å²) in [6, 6.07) is 0.277. The minimum absolute atomic E-state index is 0.0732. The third-order valence-electron chi connectivity index (χ3n) is 2.29. The largest absolute Gasteiger partial charge is 0.392 e. The van der Waals surface area contributed by atoms with E-state index in [2.05, 4.69) is 5.32 Å². The van der Waals surface area contributed by atoms with Crippen molar-refractivity contribution in [1.82, 2.24) is 10.2 Å². The minimum atomic E-state index is -0.455. The molecule has 2 amide bonds. The topological polar surface area (TPSA) is 52.6 Å². The molecule has 3 atom stereocenters. The fourth-order valence-corrected chi connectivity index (χ4v) is 1.39. The Kier molecular flexibility index (Phi) is 2.57. The quantitative estimate of drug-likeness (QED) is 0.624. The number of β-amino-alcohol motifs (C(OH)–C–C–N with tert-alkyl or cyclic N) is 1. The lowest BCUT2D eigenvalue weighted by molar-refractivity contribution is 0.130. The monoisotopic (exact) mass is 172 g/mol. The Morgan fingerprint density at radius 2 is 2.25 bits per heavy atom. The van der Waals surface area contributed by atoms with E-state index in [-0.39, 0.29) is 18.1 Å². The Labute approximate surface area is 72.6 Å². The van der Waals surface area contributed by atoms with Crippen molar-refractivity contribution in [3.05, 3.63) is 0 Å². The van der Waals surface area contributed by atoms with Crippen molar-refractivity contribution in [2.45, 2.75) is 39.0 Å². The standard InChI is InChI=1S/C8H16N2O2/c1-5(11)4-10-7(3)6(2)9-8(10)12/h5-7,11H,4H2,1-3H3,(H,9,12). The fourth-order valence-electron chi connectivity index (χ4n) is 1.39. The molecule has 1 heterocycles. The van der Waals surface area contributed by atoms with Crippen molar-refractivity contribution in [1.29, 1.82) is 0 Å². The number of amides is 2. The molecule has 0 aromatic carbocycles. The van der Waals surface area contributed by atoms with Gasteiger partial charge in [-0.1, -0.05) is 0 Å². The number of hydrogen-bond acceptors (Lipinski definition) is 2. The van der Waals surface area contributed by atoms with Crippen LogP contribution < -0.4 is 5.32 Å². The molecule has 0 spiro atoms. The molecule has 0 aromatic heterocycles. The van der Waals surface area contributed by atoms with E-state index in [1.165, 1.54) is 0 Å². The number of carbonyl (C=O) groups excluding carboxylic acids is 1. The Morgan fingerprint density at radius 3 is 2.58 bits per heavy atom. The van der Waals surface area contributed by atoms with Crippen LogP contribution in [-0.2, 0) is 0 Å². The van der Waals surface area contributed by atoms with Crippen molar-refractivity contribution < 1.29 is 9.90 Å². The molecule has 70 valence electrons. The zero-order chi connectivity index (χ0) is 9.30. The number of aliphatic hydroxyl groups is 1. The van der Waals surface area contributed by atoms with E-state index in [0.29, 0.717) is 6.54 Å². The Bertz CT molecular complexity index is 182. The van der Waals surface area contributed by atoms with Crippen LogP contribution in [-0.4, -0.2) is 40.8 Å². The van der Waals surface area contributed by atoms with E-state index in [0.717, 1.165) is 0 Å². The highest BCUT2D eigenvalue weighted by atomic mass is 16.3. The van der Waals surface area contributed by atoms with Crippen LogP contribution in [0.5, 0.6) is 0 Å². The maximum Gasteiger partial charge on any atom is 0.318 e. The van der Waals surface area contributed by atoms with Crippen LogP contribution in [0.25, 0.3) is 0 Å². The molecule has 4 nitrogen and oxygen atoms in total. The maximum atomic E-state index is 11.2. The molecule has 1 rings (SSSR count).